The molecule has 1 aromatic carbocycles. The zero-order chi connectivity index (χ0) is 20.2. The molecule has 6 nitrogen and oxygen atoms in total. The van der Waals surface area contributed by atoms with Crippen molar-refractivity contribution >= 4 is 17.7 Å². The van der Waals surface area contributed by atoms with E-state index in [4.69, 9.17) is 4.74 Å². The minimum atomic E-state index is -4.76. The summed E-state index contributed by atoms with van der Waals surface area (Å²) in [5.74, 6) is -0.529. The van der Waals surface area contributed by atoms with Crippen molar-refractivity contribution in [3.8, 4) is 5.75 Å². The van der Waals surface area contributed by atoms with Crippen LogP contribution in [0, 0.1) is 0 Å². The van der Waals surface area contributed by atoms with Gasteiger partial charge in [0.25, 0.3) is 0 Å². The molecule has 2 amide bonds. The second-order valence-corrected chi connectivity index (χ2v) is 7.17. The minimum Gasteiger partial charge on any atom is -0.444 e. The first-order chi connectivity index (χ1) is 12.4. The molecular formula is C18H23F3N2O4. The Hall–Kier alpha value is -2.45. The van der Waals surface area contributed by atoms with E-state index in [1.807, 2.05) is 0 Å². The molecule has 1 aliphatic heterocycles. The summed E-state index contributed by atoms with van der Waals surface area (Å²) < 4.78 is 46.1. The molecule has 0 fully saturated rings. The van der Waals surface area contributed by atoms with Crippen LogP contribution in [0.2, 0.25) is 0 Å². The predicted octanol–water partition coefficient (Wildman–Crippen LogP) is 3.78. The number of rotatable bonds is 4. The number of fused-ring (bicyclic) bond motifs is 1. The Morgan fingerprint density at radius 3 is 2.56 bits per heavy atom. The maximum atomic E-state index is 12.5. The quantitative estimate of drug-likeness (QED) is 0.852. The summed E-state index contributed by atoms with van der Waals surface area (Å²) in [6.07, 6.45) is -4.12. The van der Waals surface area contributed by atoms with Crippen molar-refractivity contribution in [2.45, 2.75) is 52.0 Å². The topological polar surface area (TPSA) is 67.9 Å². The number of nitrogens with zero attached hydrogens (tertiary/aromatic N) is 1. The highest BCUT2D eigenvalue weighted by molar-refractivity contribution is 5.95. The minimum absolute atomic E-state index is 0.0550. The van der Waals surface area contributed by atoms with Crippen LogP contribution >= 0.6 is 0 Å². The lowest BCUT2D eigenvalue weighted by atomic mass is 10.0. The van der Waals surface area contributed by atoms with Crippen molar-refractivity contribution in [3.63, 3.8) is 0 Å². The third-order valence-electron chi connectivity index (χ3n) is 3.71. The molecule has 0 saturated carbocycles. The van der Waals surface area contributed by atoms with Crippen molar-refractivity contribution in [3.05, 3.63) is 23.8 Å². The number of alkyl halides is 3. The fourth-order valence-electron chi connectivity index (χ4n) is 2.75. The van der Waals surface area contributed by atoms with Crippen LogP contribution in [0.4, 0.5) is 23.7 Å². The molecule has 0 spiro atoms. The zero-order valence-corrected chi connectivity index (χ0v) is 15.5. The van der Waals surface area contributed by atoms with E-state index < -0.39 is 18.1 Å². The van der Waals surface area contributed by atoms with Gasteiger partial charge in [-0.15, -0.1) is 13.2 Å². The Bertz CT molecular complexity index is 699. The van der Waals surface area contributed by atoms with Gasteiger partial charge in [-0.3, -0.25) is 4.79 Å². The van der Waals surface area contributed by atoms with E-state index in [1.165, 1.54) is 23.1 Å². The van der Waals surface area contributed by atoms with Gasteiger partial charge in [0.1, 0.15) is 11.4 Å². The number of carbonyl (C=O) groups excluding carboxylic acids is 2. The maximum Gasteiger partial charge on any atom is 0.573 e. The summed E-state index contributed by atoms with van der Waals surface area (Å²) in [6.45, 7) is 5.78. The van der Waals surface area contributed by atoms with E-state index in [0.717, 1.165) is 0 Å². The SMILES string of the molecule is CC(C)(C)OC(=O)NCCC(=O)N1CCCc2cc(OC(F)(F)F)ccc21. The second kappa shape index (κ2) is 8.06. The number of aryl methyl sites for hydroxylation is 1. The number of hydrogen-bond donors (Lipinski definition) is 1. The van der Waals surface area contributed by atoms with Crippen LogP contribution in [-0.2, 0) is 16.0 Å². The Morgan fingerprint density at radius 1 is 1.22 bits per heavy atom. The fraction of sp³-hybridized carbons (Fsp3) is 0.556. The molecule has 9 heteroatoms. The lowest BCUT2D eigenvalue weighted by Gasteiger charge is -2.30. The lowest BCUT2D eigenvalue weighted by molar-refractivity contribution is -0.274. The molecule has 1 N–H and O–H groups in total. The highest BCUT2D eigenvalue weighted by Gasteiger charge is 2.32. The van der Waals surface area contributed by atoms with E-state index >= 15 is 0 Å². The summed E-state index contributed by atoms with van der Waals surface area (Å²) in [6, 6.07) is 3.95. The molecule has 0 saturated heterocycles. The van der Waals surface area contributed by atoms with Gasteiger partial charge in [0, 0.05) is 25.2 Å². The normalized spacial score (nSPS) is 14.4. The molecule has 0 radical (unpaired) electrons. The Morgan fingerprint density at radius 2 is 1.93 bits per heavy atom. The van der Waals surface area contributed by atoms with Crippen molar-refractivity contribution < 1.29 is 32.2 Å². The van der Waals surface area contributed by atoms with E-state index in [-0.39, 0.29) is 24.6 Å². The summed E-state index contributed by atoms with van der Waals surface area (Å²) in [5, 5.41) is 2.51. The first-order valence-electron chi connectivity index (χ1n) is 8.60. The molecule has 1 heterocycles. The van der Waals surface area contributed by atoms with Gasteiger partial charge in [-0.25, -0.2) is 4.79 Å². The molecular weight excluding hydrogens is 365 g/mol. The number of benzene rings is 1. The Balaban J connectivity index is 1.96. The van der Waals surface area contributed by atoms with Gasteiger partial charge in [-0.05, 0) is 57.4 Å². The van der Waals surface area contributed by atoms with Gasteiger partial charge in [-0.2, -0.15) is 0 Å². The molecule has 0 aliphatic carbocycles. The molecule has 27 heavy (non-hydrogen) atoms. The maximum absolute atomic E-state index is 12.5. The van der Waals surface area contributed by atoms with Crippen molar-refractivity contribution in [2.75, 3.05) is 18.0 Å². The zero-order valence-electron chi connectivity index (χ0n) is 15.5. The van der Waals surface area contributed by atoms with E-state index in [2.05, 4.69) is 10.1 Å². The number of amides is 2. The average Bonchev–Trinajstić information content (AvgIpc) is 2.50. The summed E-state index contributed by atoms with van der Waals surface area (Å²) in [4.78, 5) is 25.6. The fourth-order valence-corrected chi connectivity index (χ4v) is 2.75. The third-order valence-corrected chi connectivity index (χ3v) is 3.71. The molecule has 2 rings (SSSR count). The molecule has 1 aliphatic rings. The van der Waals surface area contributed by atoms with Crippen molar-refractivity contribution in [2.24, 2.45) is 0 Å². The standard InChI is InChI=1S/C18H23F3N2O4/c1-17(2,3)27-16(25)22-9-8-15(24)23-10-4-5-12-11-13(6-7-14(12)23)26-18(19,20)21/h6-7,11H,4-5,8-10H2,1-3H3,(H,22,25). The number of alkyl carbamates (subject to hydrolysis) is 1. The molecule has 150 valence electrons. The second-order valence-electron chi connectivity index (χ2n) is 7.17. The molecule has 0 bridgehead atoms. The van der Waals surface area contributed by atoms with Gasteiger partial charge >= 0.3 is 12.5 Å². The van der Waals surface area contributed by atoms with Gasteiger partial charge in [0.05, 0.1) is 0 Å². The van der Waals surface area contributed by atoms with E-state index in [9.17, 15) is 22.8 Å². The van der Waals surface area contributed by atoms with Gasteiger partial charge < -0.3 is 19.7 Å². The smallest absolute Gasteiger partial charge is 0.444 e. The molecule has 1 aromatic rings. The molecule has 0 aromatic heterocycles. The first-order valence-corrected chi connectivity index (χ1v) is 8.60. The number of ether oxygens (including phenoxy) is 2. The largest absolute Gasteiger partial charge is 0.573 e. The van der Waals surface area contributed by atoms with E-state index in [1.54, 1.807) is 20.8 Å². The number of hydrogen-bond acceptors (Lipinski definition) is 4. The van der Waals surface area contributed by atoms with Gasteiger partial charge in [0.2, 0.25) is 5.91 Å². The van der Waals surface area contributed by atoms with Crippen LogP contribution in [-0.4, -0.2) is 37.1 Å². The van der Waals surface area contributed by atoms with Crippen molar-refractivity contribution in [1.82, 2.24) is 5.32 Å². The average molecular weight is 388 g/mol. The monoisotopic (exact) mass is 388 g/mol. The van der Waals surface area contributed by atoms with E-state index in [0.29, 0.717) is 30.6 Å². The van der Waals surface area contributed by atoms with Crippen molar-refractivity contribution in [1.29, 1.82) is 0 Å². The summed E-state index contributed by atoms with van der Waals surface area (Å²) in [7, 11) is 0. The van der Waals surface area contributed by atoms with Gasteiger partial charge in [-0.1, -0.05) is 0 Å². The Labute approximate surface area is 155 Å². The highest BCUT2D eigenvalue weighted by atomic mass is 19.4. The number of anilines is 1. The van der Waals surface area contributed by atoms with Crippen LogP contribution in [0.15, 0.2) is 18.2 Å². The Kier molecular flexibility index (Phi) is 6.22. The predicted molar refractivity (Wildman–Crippen MR) is 92.7 cm³/mol. The van der Waals surface area contributed by atoms with Gasteiger partial charge in [0.15, 0.2) is 0 Å². The first kappa shape index (κ1) is 20.9. The van der Waals surface area contributed by atoms with Crippen LogP contribution in [0.1, 0.15) is 39.2 Å². The molecule has 0 unspecified atom stereocenters. The number of nitrogens with one attached hydrogen (secondary N) is 1. The van der Waals surface area contributed by atoms with Crippen LogP contribution in [0.3, 0.4) is 0 Å². The highest BCUT2D eigenvalue weighted by Crippen LogP contribution is 2.33. The third kappa shape index (κ3) is 6.65. The molecule has 0 atom stereocenters. The van der Waals surface area contributed by atoms with Crippen LogP contribution < -0.4 is 15.0 Å². The number of carbonyl (C=O) groups is 2. The lowest BCUT2D eigenvalue weighted by Crippen LogP contribution is -2.39. The summed E-state index contributed by atoms with van der Waals surface area (Å²) >= 11 is 0. The van der Waals surface area contributed by atoms with Crippen LogP contribution in [0.5, 0.6) is 5.75 Å². The van der Waals surface area contributed by atoms with Crippen LogP contribution in [0.25, 0.3) is 0 Å². The summed E-state index contributed by atoms with van der Waals surface area (Å²) in [5.41, 5.74) is 0.560. The number of halogens is 3.